The van der Waals surface area contributed by atoms with Crippen LogP contribution in [0.3, 0.4) is 0 Å². The van der Waals surface area contributed by atoms with Gasteiger partial charge in [-0.1, -0.05) is 11.6 Å². The standard InChI is InChI=1S/C19H19NO4/c1-12-4-6-15-14(10-12)16(21)8-9-20(15)19(22)13-5-7-17(23-2)18(11-13)24-3/h4-7,10-11H,8-9H2,1-3H3. The molecule has 2 aromatic rings. The monoisotopic (exact) mass is 325 g/mol. The first kappa shape index (κ1) is 16.1. The number of amides is 1. The minimum Gasteiger partial charge on any atom is -0.493 e. The number of Topliss-reactive ketones (excluding diaryl/α,β-unsaturated/α-hetero) is 1. The lowest BCUT2D eigenvalue weighted by Gasteiger charge is -2.29. The van der Waals surface area contributed by atoms with Crippen molar-refractivity contribution < 1.29 is 19.1 Å². The van der Waals surface area contributed by atoms with Crippen LogP contribution in [0.5, 0.6) is 11.5 Å². The van der Waals surface area contributed by atoms with Gasteiger partial charge in [-0.15, -0.1) is 0 Å². The van der Waals surface area contributed by atoms with Crippen molar-refractivity contribution in [2.45, 2.75) is 13.3 Å². The van der Waals surface area contributed by atoms with E-state index >= 15 is 0 Å². The summed E-state index contributed by atoms with van der Waals surface area (Å²) in [6.07, 6.45) is 0.329. The number of fused-ring (bicyclic) bond motifs is 1. The molecule has 1 amide bonds. The average molecular weight is 325 g/mol. The highest BCUT2D eigenvalue weighted by molar-refractivity contribution is 6.13. The van der Waals surface area contributed by atoms with E-state index in [2.05, 4.69) is 0 Å². The van der Waals surface area contributed by atoms with Crippen molar-refractivity contribution in [1.82, 2.24) is 0 Å². The van der Waals surface area contributed by atoms with Crippen LogP contribution in [0, 0.1) is 6.92 Å². The predicted molar refractivity (Wildman–Crippen MR) is 91.3 cm³/mol. The lowest BCUT2D eigenvalue weighted by atomic mass is 9.97. The highest BCUT2D eigenvalue weighted by Crippen LogP contribution is 2.32. The Morgan fingerprint density at radius 2 is 1.79 bits per heavy atom. The Balaban J connectivity index is 2.00. The van der Waals surface area contributed by atoms with Crippen molar-refractivity contribution in [1.29, 1.82) is 0 Å². The van der Waals surface area contributed by atoms with E-state index in [1.165, 1.54) is 7.11 Å². The Labute approximate surface area is 140 Å². The lowest BCUT2D eigenvalue weighted by Crippen LogP contribution is -2.37. The molecule has 1 aliphatic heterocycles. The first-order valence-electron chi connectivity index (χ1n) is 7.73. The highest BCUT2D eigenvalue weighted by atomic mass is 16.5. The fraction of sp³-hybridized carbons (Fsp3) is 0.263. The number of hydrogen-bond acceptors (Lipinski definition) is 4. The predicted octanol–water partition coefficient (Wildman–Crippen LogP) is 3.25. The van der Waals surface area contributed by atoms with Crippen molar-refractivity contribution in [3.8, 4) is 11.5 Å². The Morgan fingerprint density at radius 3 is 2.50 bits per heavy atom. The molecule has 0 aromatic heterocycles. The maximum Gasteiger partial charge on any atom is 0.258 e. The second-order valence-corrected chi connectivity index (χ2v) is 5.72. The van der Waals surface area contributed by atoms with Gasteiger partial charge >= 0.3 is 0 Å². The number of ether oxygens (including phenoxy) is 2. The van der Waals surface area contributed by atoms with Crippen LogP contribution in [0.15, 0.2) is 36.4 Å². The summed E-state index contributed by atoms with van der Waals surface area (Å²) in [6, 6.07) is 10.6. The Morgan fingerprint density at radius 1 is 1.04 bits per heavy atom. The fourth-order valence-corrected chi connectivity index (χ4v) is 2.91. The van der Waals surface area contributed by atoms with Crippen molar-refractivity contribution in [2.75, 3.05) is 25.7 Å². The number of rotatable bonds is 3. The van der Waals surface area contributed by atoms with Crippen LogP contribution in [0.2, 0.25) is 0 Å². The second kappa shape index (κ2) is 6.35. The quantitative estimate of drug-likeness (QED) is 0.869. The van der Waals surface area contributed by atoms with E-state index in [1.54, 1.807) is 30.2 Å². The summed E-state index contributed by atoms with van der Waals surface area (Å²) in [6.45, 7) is 2.31. The molecular weight excluding hydrogens is 306 g/mol. The highest BCUT2D eigenvalue weighted by Gasteiger charge is 2.28. The molecule has 0 spiro atoms. The van der Waals surface area contributed by atoms with E-state index in [-0.39, 0.29) is 11.7 Å². The van der Waals surface area contributed by atoms with Gasteiger partial charge in [-0.2, -0.15) is 0 Å². The third kappa shape index (κ3) is 2.73. The summed E-state index contributed by atoms with van der Waals surface area (Å²) in [7, 11) is 3.08. The van der Waals surface area contributed by atoms with Gasteiger partial charge in [0.15, 0.2) is 17.3 Å². The van der Waals surface area contributed by atoms with Crippen molar-refractivity contribution >= 4 is 17.4 Å². The van der Waals surface area contributed by atoms with Crippen LogP contribution in [0.4, 0.5) is 5.69 Å². The molecule has 5 nitrogen and oxygen atoms in total. The molecule has 0 aliphatic carbocycles. The molecular formula is C19H19NO4. The van der Waals surface area contributed by atoms with Gasteiger partial charge in [0, 0.05) is 24.1 Å². The van der Waals surface area contributed by atoms with E-state index in [4.69, 9.17) is 9.47 Å². The first-order valence-corrected chi connectivity index (χ1v) is 7.73. The lowest BCUT2D eigenvalue weighted by molar-refractivity contribution is 0.0955. The summed E-state index contributed by atoms with van der Waals surface area (Å²) in [5.74, 6) is 0.984. The molecule has 124 valence electrons. The molecule has 0 fully saturated rings. The zero-order chi connectivity index (χ0) is 17.3. The van der Waals surface area contributed by atoms with Gasteiger partial charge in [-0.05, 0) is 37.3 Å². The Kier molecular flexibility index (Phi) is 4.25. The number of methoxy groups -OCH3 is 2. The largest absolute Gasteiger partial charge is 0.493 e. The zero-order valence-corrected chi connectivity index (χ0v) is 14.0. The molecule has 0 saturated heterocycles. The second-order valence-electron chi connectivity index (χ2n) is 5.72. The van der Waals surface area contributed by atoms with Gasteiger partial charge in [0.1, 0.15) is 0 Å². The number of anilines is 1. The Bertz CT molecular complexity index is 813. The first-order chi connectivity index (χ1) is 11.5. The van der Waals surface area contributed by atoms with Crippen LogP contribution < -0.4 is 14.4 Å². The van der Waals surface area contributed by atoms with E-state index in [0.29, 0.717) is 41.3 Å². The van der Waals surface area contributed by atoms with Gasteiger partial charge < -0.3 is 14.4 Å². The number of benzene rings is 2. The molecule has 0 atom stereocenters. The van der Waals surface area contributed by atoms with E-state index in [1.807, 2.05) is 25.1 Å². The summed E-state index contributed by atoms with van der Waals surface area (Å²) >= 11 is 0. The molecule has 0 unspecified atom stereocenters. The molecule has 24 heavy (non-hydrogen) atoms. The summed E-state index contributed by atoms with van der Waals surface area (Å²) < 4.78 is 10.5. The number of hydrogen-bond donors (Lipinski definition) is 0. The maximum absolute atomic E-state index is 12.9. The smallest absolute Gasteiger partial charge is 0.258 e. The fourth-order valence-electron chi connectivity index (χ4n) is 2.91. The molecule has 1 heterocycles. The average Bonchev–Trinajstić information content (AvgIpc) is 2.61. The maximum atomic E-state index is 12.9. The van der Waals surface area contributed by atoms with Crippen LogP contribution in [-0.4, -0.2) is 32.5 Å². The number of nitrogens with zero attached hydrogens (tertiary/aromatic N) is 1. The molecule has 2 aromatic carbocycles. The Hall–Kier alpha value is -2.82. The normalized spacial score (nSPS) is 13.5. The minimum atomic E-state index is -0.159. The number of ketones is 1. The molecule has 1 aliphatic rings. The van der Waals surface area contributed by atoms with Gasteiger partial charge in [0.25, 0.3) is 5.91 Å². The number of aryl methyl sites for hydroxylation is 1. The molecule has 5 heteroatoms. The third-order valence-electron chi connectivity index (χ3n) is 4.18. The third-order valence-corrected chi connectivity index (χ3v) is 4.18. The molecule has 0 N–H and O–H groups in total. The summed E-state index contributed by atoms with van der Waals surface area (Å²) in [5, 5.41) is 0. The van der Waals surface area contributed by atoms with Gasteiger partial charge in [0.05, 0.1) is 19.9 Å². The van der Waals surface area contributed by atoms with Crippen molar-refractivity contribution in [3.63, 3.8) is 0 Å². The zero-order valence-electron chi connectivity index (χ0n) is 14.0. The van der Waals surface area contributed by atoms with Gasteiger partial charge in [0.2, 0.25) is 0 Å². The van der Waals surface area contributed by atoms with Gasteiger partial charge in [-0.25, -0.2) is 0 Å². The number of carbonyl (C=O) groups excluding carboxylic acids is 2. The van der Waals surface area contributed by atoms with Crippen LogP contribution in [0.25, 0.3) is 0 Å². The summed E-state index contributed by atoms with van der Waals surface area (Å²) in [5.41, 5.74) is 2.77. The van der Waals surface area contributed by atoms with E-state index < -0.39 is 0 Å². The SMILES string of the molecule is COc1ccc(C(=O)N2CCC(=O)c3cc(C)ccc32)cc1OC. The van der Waals surface area contributed by atoms with Gasteiger partial charge in [-0.3, -0.25) is 9.59 Å². The number of carbonyl (C=O) groups is 2. The van der Waals surface area contributed by atoms with E-state index in [9.17, 15) is 9.59 Å². The topological polar surface area (TPSA) is 55.8 Å². The molecule has 0 saturated carbocycles. The molecule has 0 radical (unpaired) electrons. The van der Waals surface area contributed by atoms with Crippen molar-refractivity contribution in [3.05, 3.63) is 53.1 Å². The van der Waals surface area contributed by atoms with Crippen LogP contribution in [0.1, 0.15) is 32.7 Å². The van der Waals surface area contributed by atoms with E-state index in [0.717, 1.165) is 5.56 Å². The molecule has 0 bridgehead atoms. The minimum absolute atomic E-state index is 0.0741. The summed E-state index contributed by atoms with van der Waals surface area (Å²) in [4.78, 5) is 26.7. The van der Waals surface area contributed by atoms with Crippen LogP contribution in [-0.2, 0) is 0 Å². The molecule has 3 rings (SSSR count). The van der Waals surface area contributed by atoms with Crippen LogP contribution >= 0.6 is 0 Å². The van der Waals surface area contributed by atoms with Crippen molar-refractivity contribution in [2.24, 2.45) is 0 Å².